The summed E-state index contributed by atoms with van der Waals surface area (Å²) in [5.74, 6) is -0.375. The Labute approximate surface area is 105 Å². The molecule has 2 rings (SSSR count). The van der Waals surface area contributed by atoms with Crippen LogP contribution in [-0.4, -0.2) is 16.1 Å². The monoisotopic (exact) mass is 243 g/mol. The minimum atomic E-state index is -0.415. The highest BCUT2D eigenvalue weighted by atomic mass is 16.3. The lowest BCUT2D eigenvalue weighted by Gasteiger charge is -2.10. The van der Waals surface area contributed by atoms with Gasteiger partial charge in [0, 0.05) is 11.3 Å². The van der Waals surface area contributed by atoms with Crippen LogP contribution in [0.1, 0.15) is 15.9 Å². The van der Waals surface area contributed by atoms with Crippen molar-refractivity contribution in [2.45, 2.75) is 6.92 Å². The van der Waals surface area contributed by atoms with Gasteiger partial charge in [0.2, 0.25) is 0 Å². The summed E-state index contributed by atoms with van der Waals surface area (Å²) in [4.78, 5) is 11.9. The second-order valence-corrected chi connectivity index (χ2v) is 3.92. The summed E-state index contributed by atoms with van der Waals surface area (Å²) in [6, 6.07) is 11.2. The number of benzene rings is 2. The highest BCUT2D eigenvalue weighted by Crippen LogP contribution is 2.25. The highest BCUT2D eigenvalue weighted by molar-refractivity contribution is 6.06. The number of phenolic OH excluding ortho intramolecular Hbond substituents is 2. The van der Waals surface area contributed by atoms with Crippen LogP contribution in [-0.2, 0) is 0 Å². The van der Waals surface area contributed by atoms with Gasteiger partial charge >= 0.3 is 0 Å². The van der Waals surface area contributed by atoms with E-state index in [1.54, 1.807) is 37.3 Å². The van der Waals surface area contributed by atoms with Gasteiger partial charge in [-0.05, 0) is 31.2 Å². The van der Waals surface area contributed by atoms with Crippen LogP contribution in [0.15, 0.2) is 42.5 Å². The third-order valence-corrected chi connectivity index (χ3v) is 2.70. The quantitative estimate of drug-likeness (QED) is 0.759. The lowest BCUT2D eigenvalue weighted by Crippen LogP contribution is -2.12. The summed E-state index contributed by atoms with van der Waals surface area (Å²) in [6.07, 6.45) is 0. The third kappa shape index (κ3) is 2.27. The molecule has 0 bridgehead atoms. The Morgan fingerprint density at radius 1 is 1.00 bits per heavy atom. The van der Waals surface area contributed by atoms with Crippen molar-refractivity contribution in [3.63, 3.8) is 0 Å². The van der Waals surface area contributed by atoms with Crippen molar-refractivity contribution in [3.05, 3.63) is 53.6 Å². The fourth-order valence-electron chi connectivity index (χ4n) is 1.61. The molecule has 4 heteroatoms. The van der Waals surface area contributed by atoms with E-state index < -0.39 is 5.91 Å². The van der Waals surface area contributed by atoms with Gasteiger partial charge in [-0.2, -0.15) is 0 Å². The summed E-state index contributed by atoms with van der Waals surface area (Å²) >= 11 is 0. The Bertz CT molecular complexity index is 593. The molecule has 0 fully saturated rings. The van der Waals surface area contributed by atoms with Gasteiger partial charge in [-0.3, -0.25) is 4.79 Å². The van der Waals surface area contributed by atoms with E-state index in [0.29, 0.717) is 11.3 Å². The van der Waals surface area contributed by atoms with Crippen molar-refractivity contribution >= 4 is 11.6 Å². The first kappa shape index (κ1) is 12.0. The third-order valence-electron chi connectivity index (χ3n) is 2.70. The van der Waals surface area contributed by atoms with E-state index in [4.69, 9.17) is 0 Å². The molecule has 0 aliphatic heterocycles. The van der Waals surface area contributed by atoms with Crippen LogP contribution in [0.25, 0.3) is 0 Å². The number of anilines is 1. The summed E-state index contributed by atoms with van der Waals surface area (Å²) < 4.78 is 0. The van der Waals surface area contributed by atoms with Gasteiger partial charge in [0.1, 0.15) is 11.5 Å². The highest BCUT2D eigenvalue weighted by Gasteiger charge is 2.12. The lowest BCUT2D eigenvalue weighted by atomic mass is 10.1. The Kier molecular flexibility index (Phi) is 3.19. The normalized spacial score (nSPS) is 10.1. The summed E-state index contributed by atoms with van der Waals surface area (Å²) in [5, 5.41) is 21.8. The standard InChI is InChI=1S/C14H13NO3/c1-9-11(6-4-8-12(9)16)15-14(18)10-5-2-3-7-13(10)17/h2-8,16-17H,1H3,(H,15,18). The molecule has 0 aliphatic rings. The van der Waals surface area contributed by atoms with Gasteiger partial charge in [0.15, 0.2) is 0 Å². The number of carbonyl (C=O) groups is 1. The maximum Gasteiger partial charge on any atom is 0.259 e. The number of aromatic hydroxyl groups is 2. The topological polar surface area (TPSA) is 69.6 Å². The number of hydrogen-bond donors (Lipinski definition) is 3. The minimum Gasteiger partial charge on any atom is -0.508 e. The van der Waals surface area contributed by atoms with Crippen LogP contribution in [0.2, 0.25) is 0 Å². The predicted octanol–water partition coefficient (Wildman–Crippen LogP) is 2.66. The summed E-state index contributed by atoms with van der Waals surface area (Å²) in [6.45, 7) is 1.70. The van der Waals surface area contributed by atoms with Crippen molar-refractivity contribution < 1.29 is 15.0 Å². The molecule has 92 valence electrons. The molecular weight excluding hydrogens is 230 g/mol. The molecule has 0 heterocycles. The summed E-state index contributed by atoms with van der Waals surface area (Å²) in [7, 11) is 0. The first-order valence-corrected chi connectivity index (χ1v) is 5.47. The molecule has 0 saturated heterocycles. The Morgan fingerprint density at radius 2 is 1.67 bits per heavy atom. The maximum atomic E-state index is 11.9. The van der Waals surface area contributed by atoms with Crippen molar-refractivity contribution in [2.24, 2.45) is 0 Å². The molecule has 2 aromatic carbocycles. The van der Waals surface area contributed by atoms with Crippen LogP contribution in [0.5, 0.6) is 11.5 Å². The zero-order chi connectivity index (χ0) is 13.1. The van der Waals surface area contributed by atoms with Gasteiger partial charge in [-0.1, -0.05) is 18.2 Å². The molecule has 0 aliphatic carbocycles. The van der Waals surface area contributed by atoms with E-state index in [1.165, 1.54) is 12.1 Å². The van der Waals surface area contributed by atoms with Gasteiger partial charge in [0.05, 0.1) is 5.56 Å². The zero-order valence-corrected chi connectivity index (χ0v) is 9.84. The minimum absolute atomic E-state index is 0.0761. The molecule has 0 spiro atoms. The number of rotatable bonds is 2. The Hall–Kier alpha value is -2.49. The first-order chi connectivity index (χ1) is 8.59. The van der Waals surface area contributed by atoms with Crippen LogP contribution < -0.4 is 5.32 Å². The fraction of sp³-hybridized carbons (Fsp3) is 0.0714. The molecule has 18 heavy (non-hydrogen) atoms. The number of nitrogens with one attached hydrogen (secondary N) is 1. The Morgan fingerprint density at radius 3 is 2.39 bits per heavy atom. The average molecular weight is 243 g/mol. The molecule has 3 N–H and O–H groups in total. The maximum absolute atomic E-state index is 11.9. The molecule has 0 aromatic heterocycles. The van der Waals surface area contributed by atoms with E-state index in [1.807, 2.05) is 0 Å². The van der Waals surface area contributed by atoms with E-state index in [9.17, 15) is 15.0 Å². The number of amides is 1. The second-order valence-electron chi connectivity index (χ2n) is 3.92. The van der Waals surface area contributed by atoms with E-state index in [-0.39, 0.29) is 17.1 Å². The van der Waals surface area contributed by atoms with Gasteiger partial charge in [-0.15, -0.1) is 0 Å². The molecule has 0 unspecified atom stereocenters. The molecule has 4 nitrogen and oxygen atoms in total. The van der Waals surface area contributed by atoms with Crippen LogP contribution >= 0.6 is 0 Å². The molecule has 0 saturated carbocycles. The lowest BCUT2D eigenvalue weighted by molar-refractivity contribution is 0.102. The molecule has 2 aromatic rings. The Balaban J connectivity index is 2.27. The van der Waals surface area contributed by atoms with Crippen molar-refractivity contribution in [3.8, 4) is 11.5 Å². The van der Waals surface area contributed by atoms with Crippen LogP contribution in [0, 0.1) is 6.92 Å². The van der Waals surface area contributed by atoms with E-state index in [2.05, 4.69) is 5.32 Å². The fourth-order valence-corrected chi connectivity index (χ4v) is 1.61. The van der Waals surface area contributed by atoms with Gasteiger partial charge < -0.3 is 15.5 Å². The smallest absolute Gasteiger partial charge is 0.259 e. The van der Waals surface area contributed by atoms with Crippen molar-refractivity contribution in [1.82, 2.24) is 0 Å². The number of phenols is 2. The van der Waals surface area contributed by atoms with Crippen LogP contribution in [0.4, 0.5) is 5.69 Å². The van der Waals surface area contributed by atoms with Gasteiger partial charge in [-0.25, -0.2) is 0 Å². The molecular formula is C14H13NO3. The second kappa shape index (κ2) is 4.79. The van der Waals surface area contributed by atoms with E-state index in [0.717, 1.165) is 0 Å². The largest absolute Gasteiger partial charge is 0.508 e. The summed E-state index contributed by atoms with van der Waals surface area (Å²) in [5.41, 5.74) is 1.30. The number of carbonyl (C=O) groups excluding carboxylic acids is 1. The molecule has 1 amide bonds. The van der Waals surface area contributed by atoms with Crippen molar-refractivity contribution in [1.29, 1.82) is 0 Å². The number of hydrogen-bond acceptors (Lipinski definition) is 3. The van der Waals surface area contributed by atoms with Gasteiger partial charge in [0.25, 0.3) is 5.91 Å². The first-order valence-electron chi connectivity index (χ1n) is 5.47. The number of para-hydroxylation sites is 1. The SMILES string of the molecule is Cc1c(O)cccc1NC(=O)c1ccccc1O. The van der Waals surface area contributed by atoms with Crippen molar-refractivity contribution in [2.75, 3.05) is 5.32 Å². The van der Waals surface area contributed by atoms with E-state index >= 15 is 0 Å². The van der Waals surface area contributed by atoms with Crippen LogP contribution in [0.3, 0.4) is 0 Å². The average Bonchev–Trinajstić information content (AvgIpc) is 2.35. The molecule has 0 radical (unpaired) electrons. The predicted molar refractivity (Wildman–Crippen MR) is 68.9 cm³/mol. The molecule has 0 atom stereocenters. The zero-order valence-electron chi connectivity index (χ0n) is 9.84.